The third-order valence-electron chi connectivity index (χ3n) is 3.88. The van der Waals surface area contributed by atoms with Crippen molar-refractivity contribution in [1.29, 1.82) is 0 Å². The van der Waals surface area contributed by atoms with Gasteiger partial charge >= 0.3 is 0 Å². The number of furan rings is 1. The summed E-state index contributed by atoms with van der Waals surface area (Å²) in [4.78, 5) is 16.8. The fourth-order valence-corrected chi connectivity index (χ4v) is 3.31. The van der Waals surface area contributed by atoms with E-state index in [0.29, 0.717) is 17.1 Å². The van der Waals surface area contributed by atoms with Crippen LogP contribution < -0.4 is 5.32 Å². The zero-order valence-electron chi connectivity index (χ0n) is 14.4. The second kappa shape index (κ2) is 7.57. The fraction of sp³-hybridized carbons (Fsp3) is 0.278. The SMILES string of the molecule is CSc1ncccc1C(=O)NCC(c1ccco1)n1nc(C)cc1C. The zero-order valence-corrected chi connectivity index (χ0v) is 15.2. The molecule has 7 heteroatoms. The van der Waals surface area contributed by atoms with Gasteiger partial charge in [0.25, 0.3) is 5.91 Å². The maximum atomic E-state index is 12.6. The lowest BCUT2D eigenvalue weighted by Crippen LogP contribution is -2.32. The van der Waals surface area contributed by atoms with Crippen molar-refractivity contribution >= 4 is 17.7 Å². The molecule has 25 heavy (non-hydrogen) atoms. The van der Waals surface area contributed by atoms with Gasteiger partial charge in [0.15, 0.2) is 0 Å². The molecule has 0 fully saturated rings. The Morgan fingerprint density at radius 3 is 2.84 bits per heavy atom. The second-order valence-electron chi connectivity index (χ2n) is 5.67. The molecule has 1 unspecified atom stereocenters. The Morgan fingerprint density at radius 2 is 2.20 bits per heavy atom. The Morgan fingerprint density at radius 1 is 1.36 bits per heavy atom. The van der Waals surface area contributed by atoms with E-state index < -0.39 is 0 Å². The van der Waals surface area contributed by atoms with E-state index in [-0.39, 0.29) is 11.9 Å². The van der Waals surface area contributed by atoms with E-state index in [1.165, 1.54) is 11.8 Å². The number of aryl methyl sites for hydroxylation is 2. The molecular formula is C18H20N4O2S. The van der Waals surface area contributed by atoms with Crippen LogP contribution >= 0.6 is 11.8 Å². The van der Waals surface area contributed by atoms with Crippen molar-refractivity contribution in [3.63, 3.8) is 0 Å². The predicted molar refractivity (Wildman–Crippen MR) is 96.9 cm³/mol. The fourth-order valence-electron chi connectivity index (χ4n) is 2.76. The van der Waals surface area contributed by atoms with Gasteiger partial charge in [-0.2, -0.15) is 5.10 Å². The van der Waals surface area contributed by atoms with E-state index in [9.17, 15) is 4.79 Å². The topological polar surface area (TPSA) is 73.0 Å². The van der Waals surface area contributed by atoms with Crippen molar-refractivity contribution in [1.82, 2.24) is 20.1 Å². The molecule has 130 valence electrons. The number of rotatable bonds is 6. The first kappa shape index (κ1) is 17.3. The summed E-state index contributed by atoms with van der Waals surface area (Å²) < 4.78 is 7.45. The van der Waals surface area contributed by atoms with Crippen LogP contribution in [0.25, 0.3) is 0 Å². The van der Waals surface area contributed by atoms with Crippen LogP contribution in [-0.4, -0.2) is 33.5 Å². The van der Waals surface area contributed by atoms with E-state index in [0.717, 1.165) is 17.1 Å². The molecule has 0 saturated heterocycles. The van der Waals surface area contributed by atoms with Crippen LogP contribution in [0.5, 0.6) is 0 Å². The Bertz CT molecular complexity index is 858. The average Bonchev–Trinajstić information content (AvgIpc) is 3.25. The Balaban J connectivity index is 1.82. The summed E-state index contributed by atoms with van der Waals surface area (Å²) in [5.74, 6) is 0.596. The number of thioether (sulfide) groups is 1. The molecule has 3 aromatic heterocycles. The number of hydrogen-bond donors (Lipinski definition) is 1. The molecule has 0 aliphatic rings. The van der Waals surface area contributed by atoms with E-state index >= 15 is 0 Å². The highest BCUT2D eigenvalue weighted by Gasteiger charge is 2.21. The van der Waals surface area contributed by atoms with Gasteiger partial charge in [0.05, 0.1) is 17.5 Å². The summed E-state index contributed by atoms with van der Waals surface area (Å²) in [6.45, 7) is 4.31. The van der Waals surface area contributed by atoms with Gasteiger partial charge in [-0.3, -0.25) is 9.48 Å². The van der Waals surface area contributed by atoms with E-state index in [1.807, 2.05) is 43.0 Å². The number of nitrogens with one attached hydrogen (secondary N) is 1. The van der Waals surface area contributed by atoms with Gasteiger partial charge in [0.1, 0.15) is 16.8 Å². The van der Waals surface area contributed by atoms with Gasteiger partial charge in [0, 0.05) is 18.4 Å². The summed E-state index contributed by atoms with van der Waals surface area (Å²) in [5.41, 5.74) is 2.51. The van der Waals surface area contributed by atoms with Gasteiger partial charge in [-0.25, -0.2) is 4.98 Å². The normalized spacial score (nSPS) is 12.1. The molecule has 0 aromatic carbocycles. The maximum Gasteiger partial charge on any atom is 0.254 e. The molecule has 1 atom stereocenters. The van der Waals surface area contributed by atoms with Crippen LogP contribution in [0.1, 0.15) is 33.5 Å². The zero-order chi connectivity index (χ0) is 17.8. The lowest BCUT2D eigenvalue weighted by molar-refractivity contribution is 0.0944. The van der Waals surface area contributed by atoms with Crippen LogP contribution in [-0.2, 0) is 0 Å². The minimum absolute atomic E-state index is 0.157. The van der Waals surface area contributed by atoms with Crippen molar-refractivity contribution < 1.29 is 9.21 Å². The quantitative estimate of drug-likeness (QED) is 0.687. The lowest BCUT2D eigenvalue weighted by atomic mass is 10.2. The van der Waals surface area contributed by atoms with Crippen LogP contribution in [0.3, 0.4) is 0 Å². The molecule has 1 N–H and O–H groups in total. The Kier molecular flexibility index (Phi) is 5.23. The largest absolute Gasteiger partial charge is 0.467 e. The first-order valence-electron chi connectivity index (χ1n) is 7.93. The van der Waals surface area contributed by atoms with Gasteiger partial charge in [-0.05, 0) is 50.4 Å². The van der Waals surface area contributed by atoms with Crippen LogP contribution in [0, 0.1) is 13.8 Å². The summed E-state index contributed by atoms with van der Waals surface area (Å²) in [7, 11) is 0. The summed E-state index contributed by atoms with van der Waals surface area (Å²) in [5, 5.41) is 8.23. The number of carbonyl (C=O) groups is 1. The first-order chi connectivity index (χ1) is 12.1. The first-order valence-corrected chi connectivity index (χ1v) is 9.16. The highest BCUT2D eigenvalue weighted by Crippen LogP contribution is 2.21. The van der Waals surface area contributed by atoms with E-state index in [4.69, 9.17) is 4.42 Å². The molecule has 0 saturated carbocycles. The van der Waals surface area contributed by atoms with E-state index in [2.05, 4.69) is 15.4 Å². The van der Waals surface area contributed by atoms with Gasteiger partial charge in [-0.15, -0.1) is 11.8 Å². The molecular weight excluding hydrogens is 336 g/mol. The standard InChI is InChI=1S/C18H20N4O2S/c1-12-10-13(2)22(21-12)15(16-7-5-9-24-16)11-20-17(23)14-6-4-8-19-18(14)25-3/h4-10,15H,11H2,1-3H3,(H,20,23). The number of pyridine rings is 1. The minimum atomic E-state index is -0.206. The van der Waals surface area contributed by atoms with Crippen molar-refractivity contribution in [3.05, 3.63) is 65.5 Å². The van der Waals surface area contributed by atoms with Gasteiger partial charge < -0.3 is 9.73 Å². The molecule has 0 radical (unpaired) electrons. The average molecular weight is 356 g/mol. The molecule has 0 aliphatic heterocycles. The number of carbonyl (C=O) groups excluding carboxylic acids is 1. The molecule has 3 heterocycles. The number of hydrogen-bond acceptors (Lipinski definition) is 5. The molecule has 0 bridgehead atoms. The maximum absolute atomic E-state index is 12.6. The monoisotopic (exact) mass is 356 g/mol. The Hall–Kier alpha value is -2.54. The van der Waals surface area contributed by atoms with Crippen LogP contribution in [0.4, 0.5) is 0 Å². The van der Waals surface area contributed by atoms with Gasteiger partial charge in [-0.1, -0.05) is 0 Å². The van der Waals surface area contributed by atoms with Crippen LogP contribution in [0.15, 0.2) is 52.2 Å². The van der Waals surface area contributed by atoms with Crippen molar-refractivity contribution in [2.45, 2.75) is 24.9 Å². The molecule has 0 spiro atoms. The van der Waals surface area contributed by atoms with Crippen molar-refractivity contribution in [2.75, 3.05) is 12.8 Å². The smallest absolute Gasteiger partial charge is 0.254 e. The highest BCUT2D eigenvalue weighted by molar-refractivity contribution is 7.98. The van der Waals surface area contributed by atoms with Gasteiger partial charge in [0.2, 0.25) is 0 Å². The second-order valence-corrected chi connectivity index (χ2v) is 6.47. The number of aromatic nitrogens is 3. The molecule has 0 aliphatic carbocycles. The number of nitrogens with zero attached hydrogens (tertiary/aromatic N) is 3. The van der Waals surface area contributed by atoms with Crippen molar-refractivity contribution in [2.24, 2.45) is 0 Å². The van der Waals surface area contributed by atoms with Crippen molar-refractivity contribution in [3.8, 4) is 0 Å². The third-order valence-corrected chi connectivity index (χ3v) is 4.59. The summed E-state index contributed by atoms with van der Waals surface area (Å²) >= 11 is 1.45. The highest BCUT2D eigenvalue weighted by atomic mass is 32.2. The van der Waals surface area contributed by atoms with E-state index in [1.54, 1.807) is 24.6 Å². The summed E-state index contributed by atoms with van der Waals surface area (Å²) in [6, 6.07) is 9.07. The lowest BCUT2D eigenvalue weighted by Gasteiger charge is -2.18. The third kappa shape index (κ3) is 3.76. The molecule has 6 nitrogen and oxygen atoms in total. The minimum Gasteiger partial charge on any atom is -0.467 e. The molecule has 1 amide bonds. The molecule has 3 aromatic rings. The van der Waals surface area contributed by atoms with Crippen LogP contribution in [0.2, 0.25) is 0 Å². The number of amides is 1. The molecule has 3 rings (SSSR count). The predicted octanol–water partition coefficient (Wildman–Crippen LogP) is 3.23. The summed E-state index contributed by atoms with van der Waals surface area (Å²) in [6.07, 6.45) is 5.22. The Labute approximate surface area is 150 Å².